The van der Waals surface area contributed by atoms with Gasteiger partial charge in [-0.3, -0.25) is 19.1 Å². The molecule has 1 aromatic carbocycles. The van der Waals surface area contributed by atoms with Crippen molar-refractivity contribution in [3.05, 3.63) is 42.5 Å². The van der Waals surface area contributed by atoms with Crippen LogP contribution in [0.3, 0.4) is 0 Å². The molecule has 2 bridgehead atoms. The summed E-state index contributed by atoms with van der Waals surface area (Å²) in [5.74, 6) is -1.75. The summed E-state index contributed by atoms with van der Waals surface area (Å²) in [4.78, 5) is 76.2. The molecule has 3 saturated carbocycles. The molecule has 1 aromatic heterocycles. The van der Waals surface area contributed by atoms with Gasteiger partial charge in [-0.1, -0.05) is 51.8 Å². The van der Waals surface area contributed by atoms with Crippen LogP contribution in [0.25, 0.3) is 10.9 Å². The number of carbonyl (C=O) groups is 5. The third kappa shape index (κ3) is 9.32. The summed E-state index contributed by atoms with van der Waals surface area (Å²) in [7, 11) is -4.04. The van der Waals surface area contributed by atoms with Gasteiger partial charge in [0.15, 0.2) is 0 Å². The van der Waals surface area contributed by atoms with Gasteiger partial charge in [0.1, 0.15) is 48.3 Å². The van der Waals surface area contributed by atoms with E-state index in [1.807, 2.05) is 24.3 Å². The summed E-state index contributed by atoms with van der Waals surface area (Å²) >= 11 is 0. The minimum atomic E-state index is -4.04. The van der Waals surface area contributed by atoms with E-state index in [9.17, 15) is 37.5 Å². The van der Waals surface area contributed by atoms with Crippen molar-refractivity contribution >= 4 is 50.8 Å². The van der Waals surface area contributed by atoms with Crippen molar-refractivity contribution in [3.8, 4) is 11.6 Å². The summed E-state index contributed by atoms with van der Waals surface area (Å²) in [5.41, 5.74) is -1.22. The molecule has 348 valence electrons. The second-order valence-corrected chi connectivity index (χ2v) is 21.8. The van der Waals surface area contributed by atoms with Crippen molar-refractivity contribution in [3.63, 3.8) is 0 Å². The fraction of sp³-hybridized carbons (Fsp3) is 0.644. The van der Waals surface area contributed by atoms with E-state index in [0.717, 1.165) is 31.1 Å². The van der Waals surface area contributed by atoms with Crippen molar-refractivity contribution in [1.82, 2.24) is 30.1 Å². The Bertz CT molecular complexity index is 2310. The lowest BCUT2D eigenvalue weighted by atomic mass is 9.85. The first kappa shape index (κ1) is 45.4. The molecule has 6 aliphatic rings. The minimum Gasteiger partial charge on any atom is -0.490 e. The number of para-hydroxylation sites is 1. The number of sulfonamides is 1. The Kier molecular flexibility index (Phi) is 12.3. The molecule has 3 aliphatic heterocycles. The van der Waals surface area contributed by atoms with Crippen LogP contribution in [-0.2, 0) is 40.3 Å². The Balaban J connectivity index is 1.13. The molecule has 4 N–H and O–H groups in total. The highest BCUT2D eigenvalue weighted by Crippen LogP contribution is 2.47. The largest absolute Gasteiger partial charge is 0.490 e. The van der Waals surface area contributed by atoms with Crippen LogP contribution in [0.5, 0.6) is 11.6 Å². The molecule has 8 atom stereocenters. The summed E-state index contributed by atoms with van der Waals surface area (Å²) in [6, 6.07) is 5.08. The summed E-state index contributed by atoms with van der Waals surface area (Å²) in [6.45, 7) is 11.3. The van der Waals surface area contributed by atoms with Crippen molar-refractivity contribution < 1.29 is 56.4 Å². The predicted molar refractivity (Wildman–Crippen MR) is 232 cm³/mol. The smallest absolute Gasteiger partial charge is 0.408 e. The molecule has 0 radical (unpaired) electrons. The number of hydrogen-bond donors (Lipinski definition) is 4. The number of morpholine rings is 1. The summed E-state index contributed by atoms with van der Waals surface area (Å²) < 4.78 is 52.6. The van der Waals surface area contributed by atoms with Crippen LogP contribution in [0.2, 0.25) is 0 Å². The molecule has 3 aliphatic carbocycles. The highest BCUT2D eigenvalue weighted by atomic mass is 32.2. The van der Waals surface area contributed by atoms with E-state index in [1.165, 1.54) is 15.9 Å². The molecule has 2 saturated heterocycles. The Hall–Kier alpha value is -5.17. The van der Waals surface area contributed by atoms with E-state index < -0.39 is 85.8 Å². The van der Waals surface area contributed by atoms with E-state index in [4.69, 9.17) is 23.9 Å². The lowest BCUT2D eigenvalue weighted by Crippen LogP contribution is -2.60. The third-order valence-corrected chi connectivity index (χ3v) is 15.9. The van der Waals surface area contributed by atoms with Gasteiger partial charge in [-0.15, -0.1) is 6.58 Å². The van der Waals surface area contributed by atoms with Gasteiger partial charge in [0.2, 0.25) is 27.7 Å². The Morgan fingerprint density at radius 3 is 2.56 bits per heavy atom. The number of ether oxygens (including phenoxy) is 4. The zero-order chi connectivity index (χ0) is 45.8. The SMILES string of the molecule is C=C[C@@H]1C[C@]1(NC(=O)[C@@H]1C[C@@H]2CN1C(=O)[C@H](C(C)(C)C)NC(=O)O[C@@H]1C[C@H]1CCCCCc1c(nc3ccccc3c1OC[C@H]1CN(C(=O)O)CCO1)O2)C(=O)NS(=O)(=O)C1(C)CC1. The molecule has 19 heteroatoms. The molecule has 2 aromatic rings. The van der Waals surface area contributed by atoms with Crippen LogP contribution >= 0.6 is 0 Å². The maximum atomic E-state index is 14.9. The van der Waals surface area contributed by atoms with Crippen LogP contribution in [0.15, 0.2) is 36.9 Å². The molecule has 64 heavy (non-hydrogen) atoms. The number of carboxylic acid groups (broad SMARTS) is 1. The molecule has 18 nitrogen and oxygen atoms in total. The van der Waals surface area contributed by atoms with Gasteiger partial charge in [0.05, 0.1) is 35.5 Å². The lowest BCUT2D eigenvalue weighted by molar-refractivity contribution is -0.142. The van der Waals surface area contributed by atoms with Gasteiger partial charge < -0.3 is 44.5 Å². The fourth-order valence-electron chi connectivity index (χ4n) is 9.16. The Morgan fingerprint density at radius 2 is 1.86 bits per heavy atom. The number of benzene rings is 1. The van der Waals surface area contributed by atoms with Gasteiger partial charge in [0, 0.05) is 24.3 Å². The predicted octanol–water partition coefficient (Wildman–Crippen LogP) is 4.05. The molecule has 0 unspecified atom stereocenters. The third-order valence-electron chi connectivity index (χ3n) is 13.7. The molecule has 5 amide bonds. The first-order valence-corrected chi connectivity index (χ1v) is 23.9. The number of alkyl carbamates (subject to hydrolysis) is 1. The first-order chi connectivity index (χ1) is 30.3. The molecular formula is C45H60N6O12S. The number of rotatable bonds is 9. The number of nitrogens with zero attached hydrogens (tertiary/aromatic N) is 3. The van der Waals surface area contributed by atoms with Gasteiger partial charge in [-0.05, 0) is 75.3 Å². The maximum Gasteiger partial charge on any atom is 0.408 e. The van der Waals surface area contributed by atoms with Crippen molar-refractivity contribution in [2.45, 2.75) is 133 Å². The Labute approximate surface area is 373 Å². The number of aromatic nitrogens is 1. The maximum absolute atomic E-state index is 14.9. The van der Waals surface area contributed by atoms with E-state index in [0.29, 0.717) is 42.5 Å². The number of hydrogen-bond acceptors (Lipinski definition) is 12. The number of nitrogens with one attached hydrogen (secondary N) is 3. The number of carbonyl (C=O) groups excluding carboxylic acids is 4. The second kappa shape index (κ2) is 17.3. The molecular weight excluding hydrogens is 849 g/mol. The standard InChI is InChI=1S/C45H60N6O12S/c1-6-27-22-45(27,40(54)49-64(58,59)44(5)16-17-44)48-37(52)33-21-28-24-51(33)39(53)36(43(2,3)4)47-41(55)63-34-20-26(34)12-8-7-9-14-31-35(30-13-10-11-15-32(30)46-38(31)62-28)61-25-29-23-50(42(56)57)18-19-60-29/h6,10-11,13,15,26-29,33-34,36H,1,7-9,12,14,16-25H2,2-5H3,(H,47,55)(H,48,52)(H,49,54)(H,56,57)/t26-,27-,28-,29-,33+,34-,36-,45-/m1/s1. The average Bonchev–Trinajstić information content (AvgIpc) is 4.21. The highest BCUT2D eigenvalue weighted by Gasteiger charge is 2.63. The molecule has 4 heterocycles. The molecule has 8 rings (SSSR count). The summed E-state index contributed by atoms with van der Waals surface area (Å²) in [6.07, 6.45) is 3.51. The Morgan fingerprint density at radius 1 is 1.09 bits per heavy atom. The first-order valence-electron chi connectivity index (χ1n) is 22.4. The second-order valence-electron chi connectivity index (χ2n) is 19.6. The van der Waals surface area contributed by atoms with Crippen molar-refractivity contribution in [2.24, 2.45) is 17.3 Å². The van der Waals surface area contributed by atoms with Crippen LogP contribution in [0, 0.1) is 17.3 Å². The number of amides is 5. The average molecular weight is 909 g/mol. The fourth-order valence-corrected chi connectivity index (χ4v) is 10.5. The van der Waals surface area contributed by atoms with Crippen LogP contribution < -0.4 is 24.8 Å². The van der Waals surface area contributed by atoms with E-state index in [2.05, 4.69) is 21.9 Å². The molecule has 5 fully saturated rings. The van der Waals surface area contributed by atoms with Gasteiger partial charge in [-0.2, -0.15) is 0 Å². The van der Waals surface area contributed by atoms with Crippen LogP contribution in [-0.4, -0.2) is 132 Å². The quantitative estimate of drug-likeness (QED) is 0.261. The van der Waals surface area contributed by atoms with Gasteiger partial charge >= 0.3 is 12.2 Å². The van der Waals surface area contributed by atoms with Gasteiger partial charge in [0.25, 0.3) is 5.91 Å². The van der Waals surface area contributed by atoms with E-state index >= 15 is 0 Å². The zero-order valence-electron chi connectivity index (χ0n) is 36.9. The van der Waals surface area contributed by atoms with E-state index in [1.54, 1.807) is 27.7 Å². The minimum absolute atomic E-state index is 0.0411. The topological polar surface area (TPSA) is 232 Å². The number of pyridine rings is 1. The number of fused-ring (bicyclic) bond motifs is 5. The van der Waals surface area contributed by atoms with Crippen LogP contribution in [0.4, 0.5) is 9.59 Å². The monoisotopic (exact) mass is 908 g/mol. The van der Waals surface area contributed by atoms with Gasteiger partial charge in [-0.25, -0.2) is 23.0 Å². The van der Waals surface area contributed by atoms with Crippen molar-refractivity contribution in [1.29, 1.82) is 0 Å². The summed E-state index contributed by atoms with van der Waals surface area (Å²) in [5, 5.41) is 16.0. The van der Waals surface area contributed by atoms with Crippen molar-refractivity contribution in [2.75, 3.05) is 32.8 Å². The normalized spacial score (nSPS) is 30.5. The van der Waals surface area contributed by atoms with Crippen LogP contribution in [0.1, 0.15) is 91.0 Å². The lowest BCUT2D eigenvalue weighted by Gasteiger charge is -2.35. The molecule has 0 spiro atoms. The highest BCUT2D eigenvalue weighted by molar-refractivity contribution is 7.91. The van der Waals surface area contributed by atoms with E-state index in [-0.39, 0.29) is 63.6 Å². The zero-order valence-corrected chi connectivity index (χ0v) is 37.7.